The highest BCUT2D eigenvalue weighted by atomic mass is 16.5. The number of hydrogen-bond acceptors (Lipinski definition) is 4. The van der Waals surface area contributed by atoms with Crippen molar-refractivity contribution in [3.05, 3.63) is 11.9 Å². The Labute approximate surface area is 99.6 Å². The number of aromatic nitrogens is 3. The molecule has 1 aromatic rings. The van der Waals surface area contributed by atoms with Gasteiger partial charge < -0.3 is 9.84 Å². The first kappa shape index (κ1) is 12.0. The Morgan fingerprint density at radius 1 is 1.71 bits per heavy atom. The van der Waals surface area contributed by atoms with Gasteiger partial charge in [-0.2, -0.15) is 0 Å². The average Bonchev–Trinajstić information content (AvgIpc) is 2.73. The Morgan fingerprint density at radius 2 is 2.47 bits per heavy atom. The van der Waals surface area contributed by atoms with Crippen LogP contribution in [0.2, 0.25) is 0 Å². The van der Waals surface area contributed by atoms with Gasteiger partial charge >= 0.3 is 5.97 Å². The number of hydrogen-bond donors (Lipinski definition) is 1. The highest BCUT2D eigenvalue weighted by molar-refractivity contribution is 5.69. The zero-order valence-corrected chi connectivity index (χ0v) is 10.1. The normalized spacial score (nSPS) is 22.8. The van der Waals surface area contributed by atoms with Crippen molar-refractivity contribution in [2.24, 2.45) is 0 Å². The van der Waals surface area contributed by atoms with E-state index in [0.29, 0.717) is 12.2 Å². The quantitative estimate of drug-likeness (QED) is 0.843. The highest BCUT2D eigenvalue weighted by Gasteiger charge is 2.31. The van der Waals surface area contributed by atoms with Crippen LogP contribution in [0, 0.1) is 0 Å². The number of rotatable bonds is 4. The Morgan fingerprint density at radius 3 is 3.06 bits per heavy atom. The van der Waals surface area contributed by atoms with Gasteiger partial charge in [-0.1, -0.05) is 5.21 Å². The molecule has 0 aliphatic carbocycles. The minimum Gasteiger partial charge on any atom is -0.481 e. The average molecular weight is 239 g/mol. The maximum absolute atomic E-state index is 10.5. The zero-order valence-electron chi connectivity index (χ0n) is 10.1. The van der Waals surface area contributed by atoms with Crippen molar-refractivity contribution in [1.29, 1.82) is 0 Å². The number of nitrogens with zero attached hydrogens (tertiary/aromatic N) is 3. The maximum atomic E-state index is 10.5. The molecule has 94 valence electrons. The molecule has 1 saturated heterocycles. The Hall–Kier alpha value is -1.43. The van der Waals surface area contributed by atoms with Gasteiger partial charge in [0, 0.05) is 6.20 Å². The van der Waals surface area contributed by atoms with Gasteiger partial charge in [0.1, 0.15) is 0 Å². The van der Waals surface area contributed by atoms with Gasteiger partial charge in [0.05, 0.1) is 30.4 Å². The Balaban J connectivity index is 1.91. The fourth-order valence-electron chi connectivity index (χ4n) is 2.08. The van der Waals surface area contributed by atoms with E-state index in [-0.39, 0.29) is 18.1 Å². The molecule has 0 bridgehead atoms. The van der Waals surface area contributed by atoms with E-state index < -0.39 is 5.97 Å². The molecule has 1 aliphatic rings. The molecular weight excluding hydrogens is 222 g/mol. The van der Waals surface area contributed by atoms with E-state index in [9.17, 15) is 4.79 Å². The molecule has 0 saturated carbocycles. The molecule has 1 atom stereocenters. The molecule has 6 nitrogen and oxygen atoms in total. The van der Waals surface area contributed by atoms with Crippen molar-refractivity contribution in [2.45, 2.75) is 51.4 Å². The summed E-state index contributed by atoms with van der Waals surface area (Å²) in [5.74, 6) is -0.893. The fraction of sp³-hybridized carbons (Fsp3) is 0.727. The van der Waals surface area contributed by atoms with Gasteiger partial charge in [0.25, 0.3) is 0 Å². The molecule has 0 aromatic carbocycles. The molecule has 1 unspecified atom stereocenters. The van der Waals surface area contributed by atoms with Crippen molar-refractivity contribution in [1.82, 2.24) is 15.0 Å². The third kappa shape index (κ3) is 3.26. The second-order valence-corrected chi connectivity index (χ2v) is 5.04. The van der Waals surface area contributed by atoms with Crippen molar-refractivity contribution in [3.8, 4) is 0 Å². The van der Waals surface area contributed by atoms with E-state index in [4.69, 9.17) is 9.84 Å². The highest BCUT2D eigenvalue weighted by Crippen LogP contribution is 2.29. The van der Waals surface area contributed by atoms with Crippen LogP contribution in [0.5, 0.6) is 0 Å². The monoisotopic (exact) mass is 239 g/mol. The standard InChI is InChI=1S/C11H17N3O3/c1-11(2)4-3-9(17-11)7-14-6-8(12-13-14)5-10(15)16/h6,9H,3-5,7H2,1-2H3,(H,15,16). The van der Waals surface area contributed by atoms with Crippen LogP contribution in [0.4, 0.5) is 0 Å². The summed E-state index contributed by atoms with van der Waals surface area (Å²) in [6, 6.07) is 0. The fourth-order valence-corrected chi connectivity index (χ4v) is 2.08. The second-order valence-electron chi connectivity index (χ2n) is 5.04. The molecule has 1 aliphatic heterocycles. The van der Waals surface area contributed by atoms with Crippen LogP contribution in [0.15, 0.2) is 6.20 Å². The second kappa shape index (κ2) is 4.44. The van der Waals surface area contributed by atoms with Crippen molar-refractivity contribution in [3.63, 3.8) is 0 Å². The molecule has 17 heavy (non-hydrogen) atoms. The summed E-state index contributed by atoms with van der Waals surface area (Å²) in [6.45, 7) is 4.78. The lowest BCUT2D eigenvalue weighted by Gasteiger charge is -2.18. The summed E-state index contributed by atoms with van der Waals surface area (Å²) < 4.78 is 7.50. The number of carboxylic acids is 1. The number of carboxylic acid groups (broad SMARTS) is 1. The van der Waals surface area contributed by atoms with Crippen LogP contribution >= 0.6 is 0 Å². The molecule has 1 aromatic heterocycles. The molecule has 0 spiro atoms. The first-order valence-corrected chi connectivity index (χ1v) is 5.73. The van der Waals surface area contributed by atoms with Gasteiger partial charge in [-0.25, -0.2) is 4.68 Å². The van der Waals surface area contributed by atoms with Crippen molar-refractivity contribution in [2.75, 3.05) is 0 Å². The van der Waals surface area contributed by atoms with Gasteiger partial charge in [-0.05, 0) is 26.7 Å². The van der Waals surface area contributed by atoms with E-state index in [2.05, 4.69) is 24.2 Å². The van der Waals surface area contributed by atoms with Crippen molar-refractivity contribution >= 4 is 5.97 Å². The van der Waals surface area contributed by atoms with Crippen LogP contribution in [0.3, 0.4) is 0 Å². The largest absolute Gasteiger partial charge is 0.481 e. The Kier molecular flexibility index (Phi) is 3.15. The third-order valence-electron chi connectivity index (χ3n) is 2.86. The number of aliphatic carboxylic acids is 1. The number of ether oxygens (including phenoxy) is 1. The minimum absolute atomic E-state index is 0.0604. The molecule has 6 heteroatoms. The maximum Gasteiger partial charge on any atom is 0.309 e. The van der Waals surface area contributed by atoms with Crippen LogP contribution < -0.4 is 0 Å². The van der Waals surface area contributed by atoms with Crippen LogP contribution in [-0.4, -0.2) is 37.8 Å². The number of carbonyl (C=O) groups is 1. The predicted molar refractivity (Wildman–Crippen MR) is 59.5 cm³/mol. The molecule has 0 amide bonds. The molecule has 1 fully saturated rings. The smallest absolute Gasteiger partial charge is 0.309 e. The molecule has 1 N–H and O–H groups in total. The van der Waals surface area contributed by atoms with Crippen molar-refractivity contribution < 1.29 is 14.6 Å². The minimum atomic E-state index is -0.893. The predicted octanol–water partition coefficient (Wildman–Crippen LogP) is 0.863. The van der Waals surface area contributed by atoms with E-state index in [1.54, 1.807) is 10.9 Å². The van der Waals surface area contributed by atoms with Gasteiger partial charge in [0.15, 0.2) is 0 Å². The summed E-state index contributed by atoms with van der Waals surface area (Å²) in [7, 11) is 0. The van der Waals surface area contributed by atoms with Crippen LogP contribution in [0.25, 0.3) is 0 Å². The molecule has 2 rings (SSSR count). The lowest BCUT2D eigenvalue weighted by molar-refractivity contribution is -0.136. The first-order valence-electron chi connectivity index (χ1n) is 5.73. The van der Waals surface area contributed by atoms with E-state index in [1.807, 2.05) is 0 Å². The van der Waals surface area contributed by atoms with Gasteiger partial charge in [-0.3, -0.25) is 4.79 Å². The summed E-state index contributed by atoms with van der Waals surface area (Å²) in [5.41, 5.74) is 0.421. The molecule has 0 radical (unpaired) electrons. The zero-order chi connectivity index (χ0) is 12.5. The SMILES string of the molecule is CC1(C)CCC(Cn2cc(CC(=O)O)nn2)O1. The Bertz CT molecular complexity index is 414. The third-order valence-corrected chi connectivity index (χ3v) is 2.86. The topological polar surface area (TPSA) is 77.2 Å². The first-order chi connectivity index (χ1) is 7.94. The lowest BCUT2D eigenvalue weighted by atomic mass is 10.1. The van der Waals surface area contributed by atoms with Crippen LogP contribution in [0.1, 0.15) is 32.4 Å². The summed E-state index contributed by atoms with van der Waals surface area (Å²) >= 11 is 0. The summed E-state index contributed by atoms with van der Waals surface area (Å²) in [6.07, 6.45) is 3.76. The molecular formula is C11H17N3O3. The molecule has 2 heterocycles. The van der Waals surface area contributed by atoms with E-state index in [0.717, 1.165) is 12.8 Å². The van der Waals surface area contributed by atoms with E-state index >= 15 is 0 Å². The summed E-state index contributed by atoms with van der Waals surface area (Å²) in [4.78, 5) is 10.5. The van der Waals surface area contributed by atoms with E-state index in [1.165, 1.54) is 0 Å². The van der Waals surface area contributed by atoms with Gasteiger partial charge in [-0.15, -0.1) is 5.10 Å². The lowest BCUT2D eigenvalue weighted by Crippen LogP contribution is -2.23. The summed E-state index contributed by atoms with van der Waals surface area (Å²) in [5, 5.41) is 16.3. The van der Waals surface area contributed by atoms with Crippen LogP contribution in [-0.2, 0) is 22.5 Å². The van der Waals surface area contributed by atoms with Gasteiger partial charge in [0.2, 0.25) is 0 Å².